The van der Waals surface area contributed by atoms with Gasteiger partial charge in [-0.3, -0.25) is 5.43 Å². The third-order valence-corrected chi connectivity index (χ3v) is 2.55. The smallest absolute Gasteiger partial charge is 0.240 e. The van der Waals surface area contributed by atoms with Crippen LogP contribution in [-0.2, 0) is 4.74 Å². The number of hydrazine groups is 1. The van der Waals surface area contributed by atoms with Crippen molar-refractivity contribution in [2.45, 2.75) is 32.8 Å². The molecule has 3 N–H and O–H groups in total. The van der Waals surface area contributed by atoms with Gasteiger partial charge in [-0.25, -0.2) is 10.8 Å². The topological polar surface area (TPSA) is 82.3 Å². The van der Waals surface area contributed by atoms with Crippen molar-refractivity contribution in [1.82, 2.24) is 9.97 Å². The van der Waals surface area contributed by atoms with E-state index in [0.29, 0.717) is 18.4 Å². The van der Waals surface area contributed by atoms with E-state index in [0.717, 1.165) is 12.0 Å². The number of aromatic nitrogens is 2. The molecule has 17 heavy (non-hydrogen) atoms. The Hall–Kier alpha value is -1.40. The summed E-state index contributed by atoms with van der Waals surface area (Å²) in [5.41, 5.74) is 3.06. The monoisotopic (exact) mass is 240 g/mol. The van der Waals surface area contributed by atoms with Gasteiger partial charge in [0, 0.05) is 25.3 Å². The molecule has 0 saturated heterocycles. The van der Waals surface area contributed by atoms with E-state index in [4.69, 9.17) is 15.3 Å². The molecule has 0 fully saturated rings. The van der Waals surface area contributed by atoms with Crippen molar-refractivity contribution < 1.29 is 9.47 Å². The summed E-state index contributed by atoms with van der Waals surface area (Å²) in [7, 11) is 1.69. The number of aryl methyl sites for hydroxylation is 1. The van der Waals surface area contributed by atoms with Gasteiger partial charge in [-0.2, -0.15) is 4.98 Å². The molecule has 0 aliphatic carbocycles. The van der Waals surface area contributed by atoms with Gasteiger partial charge in [0.2, 0.25) is 11.8 Å². The van der Waals surface area contributed by atoms with Crippen LogP contribution in [0.1, 0.15) is 25.8 Å². The van der Waals surface area contributed by atoms with Crippen LogP contribution in [0.15, 0.2) is 6.20 Å². The summed E-state index contributed by atoms with van der Waals surface area (Å²) in [6, 6.07) is 0. The Bertz CT molecular complexity index is 368. The van der Waals surface area contributed by atoms with E-state index in [-0.39, 0.29) is 5.60 Å². The third-order valence-electron chi connectivity index (χ3n) is 2.55. The number of methoxy groups -OCH3 is 1. The predicted octanol–water partition coefficient (Wildman–Crippen LogP) is 1.26. The first-order valence-electron chi connectivity index (χ1n) is 5.47. The lowest BCUT2D eigenvalue weighted by molar-refractivity contribution is 0.00502. The lowest BCUT2D eigenvalue weighted by Gasteiger charge is -2.22. The second kappa shape index (κ2) is 5.79. The maximum Gasteiger partial charge on any atom is 0.240 e. The Morgan fingerprint density at radius 2 is 2.18 bits per heavy atom. The Kier molecular flexibility index (Phi) is 4.65. The first kappa shape index (κ1) is 13.7. The number of hydrogen-bond acceptors (Lipinski definition) is 6. The fourth-order valence-corrected chi connectivity index (χ4v) is 1.14. The molecule has 6 nitrogen and oxygen atoms in total. The number of nitrogen functional groups attached to an aromatic ring is 1. The van der Waals surface area contributed by atoms with Gasteiger partial charge in [-0.15, -0.1) is 0 Å². The number of ether oxygens (including phenoxy) is 2. The standard InChI is InChI=1S/C11H20N4O2/c1-8-7-13-10(15-12)14-9(8)17-6-5-11(2,3)16-4/h7H,5-6,12H2,1-4H3,(H,13,14,15). The summed E-state index contributed by atoms with van der Waals surface area (Å²) in [5.74, 6) is 6.12. The average molecular weight is 240 g/mol. The summed E-state index contributed by atoms with van der Waals surface area (Å²) < 4.78 is 10.9. The largest absolute Gasteiger partial charge is 0.477 e. The van der Waals surface area contributed by atoms with Crippen LogP contribution < -0.4 is 16.0 Å². The number of nitrogens with one attached hydrogen (secondary N) is 1. The first-order valence-corrected chi connectivity index (χ1v) is 5.47. The highest BCUT2D eigenvalue weighted by Crippen LogP contribution is 2.17. The van der Waals surface area contributed by atoms with Gasteiger partial charge in [0.1, 0.15) is 0 Å². The summed E-state index contributed by atoms with van der Waals surface area (Å²) in [6.07, 6.45) is 2.44. The van der Waals surface area contributed by atoms with Crippen molar-refractivity contribution in [3.8, 4) is 5.88 Å². The van der Waals surface area contributed by atoms with E-state index in [1.54, 1.807) is 13.3 Å². The maximum atomic E-state index is 5.59. The van der Waals surface area contributed by atoms with Crippen molar-refractivity contribution >= 4 is 5.95 Å². The van der Waals surface area contributed by atoms with Crippen LogP contribution in [0.4, 0.5) is 5.95 Å². The molecule has 0 aliphatic heterocycles. The SMILES string of the molecule is COC(C)(C)CCOc1nc(NN)ncc1C. The fraction of sp³-hybridized carbons (Fsp3) is 0.636. The van der Waals surface area contributed by atoms with Crippen LogP contribution in [0.5, 0.6) is 5.88 Å². The number of nitrogens with zero attached hydrogens (tertiary/aromatic N) is 2. The molecule has 0 atom stereocenters. The van der Waals surface area contributed by atoms with Crippen LogP contribution in [0.3, 0.4) is 0 Å². The van der Waals surface area contributed by atoms with Crippen LogP contribution in [-0.4, -0.2) is 29.3 Å². The molecule has 0 aliphatic rings. The molecule has 0 bridgehead atoms. The van der Waals surface area contributed by atoms with Gasteiger partial charge in [-0.05, 0) is 20.8 Å². The van der Waals surface area contributed by atoms with Gasteiger partial charge in [0.05, 0.1) is 12.2 Å². The Labute approximate surface area is 102 Å². The number of nitrogens with two attached hydrogens (primary N) is 1. The summed E-state index contributed by atoms with van der Waals surface area (Å²) in [4.78, 5) is 8.10. The molecule has 0 radical (unpaired) electrons. The predicted molar refractivity (Wildman–Crippen MR) is 65.8 cm³/mol. The number of anilines is 1. The molecule has 6 heteroatoms. The van der Waals surface area contributed by atoms with Gasteiger partial charge in [0.15, 0.2) is 0 Å². The molecule has 1 heterocycles. The average Bonchev–Trinajstić information content (AvgIpc) is 2.31. The van der Waals surface area contributed by atoms with Crippen molar-refractivity contribution in [3.63, 3.8) is 0 Å². The highest BCUT2D eigenvalue weighted by molar-refractivity contribution is 5.31. The van der Waals surface area contributed by atoms with E-state index in [9.17, 15) is 0 Å². The van der Waals surface area contributed by atoms with Crippen molar-refractivity contribution in [1.29, 1.82) is 0 Å². The first-order chi connectivity index (χ1) is 7.98. The van der Waals surface area contributed by atoms with Gasteiger partial charge >= 0.3 is 0 Å². The molecule has 0 aromatic carbocycles. The molecule has 96 valence electrons. The molecular weight excluding hydrogens is 220 g/mol. The lowest BCUT2D eigenvalue weighted by atomic mass is 10.1. The molecule has 1 rings (SSSR count). The minimum atomic E-state index is -0.199. The molecule has 0 spiro atoms. The van der Waals surface area contributed by atoms with Crippen LogP contribution in [0, 0.1) is 6.92 Å². The zero-order chi connectivity index (χ0) is 12.9. The molecule has 0 unspecified atom stereocenters. The van der Waals surface area contributed by atoms with E-state index < -0.39 is 0 Å². The maximum absolute atomic E-state index is 5.59. The second-order valence-electron chi connectivity index (χ2n) is 4.39. The molecular formula is C11H20N4O2. The lowest BCUT2D eigenvalue weighted by Crippen LogP contribution is -2.25. The quantitative estimate of drug-likeness (QED) is 0.575. The minimum absolute atomic E-state index is 0.199. The number of rotatable bonds is 6. The molecule has 1 aromatic heterocycles. The second-order valence-corrected chi connectivity index (χ2v) is 4.39. The van der Waals surface area contributed by atoms with Crippen LogP contribution in [0.25, 0.3) is 0 Å². The number of hydrogen-bond donors (Lipinski definition) is 2. The van der Waals surface area contributed by atoms with E-state index >= 15 is 0 Å². The molecule has 0 amide bonds. The highest BCUT2D eigenvalue weighted by Gasteiger charge is 2.16. The van der Waals surface area contributed by atoms with Gasteiger partial charge < -0.3 is 9.47 Å². The minimum Gasteiger partial charge on any atom is -0.477 e. The van der Waals surface area contributed by atoms with E-state index in [1.165, 1.54) is 0 Å². The molecule has 0 saturated carbocycles. The summed E-state index contributed by atoms with van der Waals surface area (Å²) >= 11 is 0. The normalized spacial score (nSPS) is 11.4. The Morgan fingerprint density at radius 1 is 1.47 bits per heavy atom. The van der Waals surface area contributed by atoms with E-state index in [1.807, 2.05) is 20.8 Å². The fourth-order valence-electron chi connectivity index (χ4n) is 1.14. The van der Waals surface area contributed by atoms with Crippen LogP contribution in [0.2, 0.25) is 0 Å². The Morgan fingerprint density at radius 3 is 2.76 bits per heavy atom. The molecule has 1 aromatic rings. The van der Waals surface area contributed by atoms with Crippen molar-refractivity contribution in [3.05, 3.63) is 11.8 Å². The van der Waals surface area contributed by atoms with Gasteiger partial charge in [0.25, 0.3) is 0 Å². The Balaban J connectivity index is 2.57. The highest BCUT2D eigenvalue weighted by atomic mass is 16.5. The van der Waals surface area contributed by atoms with Crippen molar-refractivity contribution in [2.24, 2.45) is 5.84 Å². The zero-order valence-corrected chi connectivity index (χ0v) is 10.8. The summed E-state index contributed by atoms with van der Waals surface area (Å²) in [5, 5.41) is 0. The zero-order valence-electron chi connectivity index (χ0n) is 10.8. The van der Waals surface area contributed by atoms with Crippen LogP contribution >= 0.6 is 0 Å². The van der Waals surface area contributed by atoms with Gasteiger partial charge in [-0.1, -0.05) is 0 Å². The third kappa shape index (κ3) is 4.16. The van der Waals surface area contributed by atoms with Crippen molar-refractivity contribution in [2.75, 3.05) is 19.1 Å². The summed E-state index contributed by atoms with van der Waals surface area (Å²) in [6.45, 7) is 6.44. The van der Waals surface area contributed by atoms with E-state index in [2.05, 4.69) is 15.4 Å².